The Balaban J connectivity index is 0.000000586. The fourth-order valence-electron chi connectivity index (χ4n) is 3.74. The average molecular weight is 578 g/mol. The van der Waals surface area contributed by atoms with Crippen molar-refractivity contribution in [3.05, 3.63) is 83.9 Å². The summed E-state index contributed by atoms with van der Waals surface area (Å²) in [5, 5.41) is 2.06. The first-order chi connectivity index (χ1) is 17.5. The third-order valence-electron chi connectivity index (χ3n) is 5.48. The van der Waals surface area contributed by atoms with Crippen LogP contribution in [0.3, 0.4) is 0 Å². The largest absolute Gasteiger partial charge is 0.748 e. The molecule has 0 amide bonds. The average Bonchev–Trinajstić information content (AvgIpc) is 3.43. The maximum absolute atomic E-state index is 13.7. The summed E-state index contributed by atoms with van der Waals surface area (Å²) in [5.41, 5.74) is 2.04. The van der Waals surface area contributed by atoms with Crippen LogP contribution in [0.15, 0.2) is 63.3 Å². The number of anilines is 1. The van der Waals surface area contributed by atoms with Gasteiger partial charge in [-0.3, -0.25) is 9.36 Å². The van der Waals surface area contributed by atoms with Crippen LogP contribution >= 0.6 is 34.4 Å². The van der Waals surface area contributed by atoms with E-state index in [1.54, 1.807) is 39.8 Å². The molecule has 5 rings (SSSR count). The van der Waals surface area contributed by atoms with E-state index in [9.17, 15) is 9.18 Å². The van der Waals surface area contributed by atoms with Crippen molar-refractivity contribution in [1.82, 2.24) is 4.57 Å². The highest BCUT2D eigenvalue weighted by Crippen LogP contribution is 2.44. The van der Waals surface area contributed by atoms with Crippen molar-refractivity contribution in [1.29, 1.82) is 0 Å². The number of halogens is 1. The van der Waals surface area contributed by atoms with Gasteiger partial charge in [-0.2, -0.15) is 4.57 Å². The molecule has 1 aliphatic rings. The lowest BCUT2D eigenvalue weighted by atomic mass is 10.3. The molecule has 3 heterocycles. The Hall–Kier alpha value is -2.77. The van der Waals surface area contributed by atoms with Crippen molar-refractivity contribution in [2.75, 3.05) is 18.2 Å². The highest BCUT2D eigenvalue weighted by Gasteiger charge is 2.20. The number of thiazole rings is 2. The zero-order valence-electron chi connectivity index (χ0n) is 20.5. The first-order valence-corrected chi connectivity index (χ1v) is 15.4. The van der Waals surface area contributed by atoms with Crippen LogP contribution < -0.4 is 24.2 Å². The van der Waals surface area contributed by atoms with E-state index in [2.05, 4.69) is 17.0 Å². The topological polar surface area (TPSA) is 86.3 Å². The monoisotopic (exact) mass is 577 g/mol. The summed E-state index contributed by atoms with van der Waals surface area (Å²) in [5.74, 6) is -0.249. The fourth-order valence-corrected chi connectivity index (χ4v) is 6.99. The molecule has 194 valence electrons. The summed E-state index contributed by atoms with van der Waals surface area (Å²) in [4.78, 5) is 16.4. The van der Waals surface area contributed by atoms with Crippen LogP contribution in [0.4, 0.5) is 10.1 Å². The van der Waals surface area contributed by atoms with Gasteiger partial charge in [-0.25, -0.2) is 12.8 Å². The molecule has 0 radical (unpaired) electrons. The molecule has 0 spiro atoms. The van der Waals surface area contributed by atoms with Crippen LogP contribution in [0.1, 0.15) is 11.9 Å². The quantitative estimate of drug-likeness (QED) is 0.275. The summed E-state index contributed by atoms with van der Waals surface area (Å²) >= 11 is 4.78. The zero-order chi connectivity index (χ0) is 26.9. The molecule has 1 aliphatic heterocycles. The number of nitrogens with zero attached hydrogens (tertiary/aromatic N) is 3. The van der Waals surface area contributed by atoms with Gasteiger partial charge < -0.3 is 9.45 Å². The van der Waals surface area contributed by atoms with E-state index in [1.165, 1.54) is 28.0 Å². The molecule has 0 saturated heterocycles. The molecule has 0 atom stereocenters. The Bertz CT molecular complexity index is 1800. The van der Waals surface area contributed by atoms with Crippen molar-refractivity contribution >= 4 is 72.6 Å². The van der Waals surface area contributed by atoms with Gasteiger partial charge in [0.1, 0.15) is 22.2 Å². The Morgan fingerprint density at radius 1 is 1.14 bits per heavy atom. The molecule has 7 nitrogen and oxygen atoms in total. The zero-order valence-corrected chi connectivity index (χ0v) is 23.7. The number of para-hydroxylation sites is 1. The van der Waals surface area contributed by atoms with E-state index in [1.807, 2.05) is 55.9 Å². The predicted molar refractivity (Wildman–Crippen MR) is 149 cm³/mol. The molecule has 37 heavy (non-hydrogen) atoms. The number of aryl methyl sites for hydroxylation is 1. The Labute approximate surface area is 225 Å². The third kappa shape index (κ3) is 6.21. The number of thioether (sulfide) groups is 1. The second kappa shape index (κ2) is 10.9. The molecular weight excluding hydrogens is 554 g/mol. The van der Waals surface area contributed by atoms with Gasteiger partial charge in [0.05, 0.1) is 31.4 Å². The maximum atomic E-state index is 13.7. The highest BCUT2D eigenvalue weighted by atomic mass is 32.2. The molecule has 2 aromatic heterocycles. The molecule has 0 N–H and O–H groups in total. The maximum Gasteiger partial charge on any atom is 0.269 e. The van der Waals surface area contributed by atoms with E-state index in [-0.39, 0.29) is 11.4 Å². The van der Waals surface area contributed by atoms with Crippen LogP contribution in [0, 0.1) is 5.82 Å². The van der Waals surface area contributed by atoms with Crippen molar-refractivity contribution in [2.24, 2.45) is 7.05 Å². The first-order valence-electron chi connectivity index (χ1n) is 11.1. The Morgan fingerprint density at radius 3 is 2.51 bits per heavy atom. The van der Waals surface area contributed by atoms with Gasteiger partial charge in [0, 0.05) is 30.8 Å². The van der Waals surface area contributed by atoms with Crippen LogP contribution in [0.25, 0.3) is 22.4 Å². The minimum absolute atomic E-state index is 0.0126. The van der Waals surface area contributed by atoms with Crippen LogP contribution in [0.2, 0.25) is 0 Å². The Morgan fingerprint density at radius 2 is 1.84 bits per heavy atom. The molecule has 2 aromatic carbocycles. The standard InChI is InChI=1S/C24H21FN3OS3.CH4O3S/c1-4-28-23(14-22-27(3)17-13-15(25)9-10-19(17)31-22)32-20(24(28)29)11-12-21-26(2)16-7-5-6-8-18(16)30-21;1-5(2,3)4/h5-14H,4H2,1-3H3;1H3,(H,2,3,4)/q+1;/p-1/b20-11-,21-12+;. The van der Waals surface area contributed by atoms with Gasteiger partial charge in [0.2, 0.25) is 5.52 Å². The van der Waals surface area contributed by atoms with Gasteiger partial charge in [0.15, 0.2) is 0 Å². The molecule has 0 fully saturated rings. The van der Waals surface area contributed by atoms with E-state index >= 15 is 0 Å². The SMILES string of the molecule is CCn1c(=O)/c(=C/C=C2/Sc3ccccc3N2C)s/c1=C/c1sc2ccc(F)cc2[n+]1C.CS(=O)(=O)[O-]. The molecule has 4 aromatic rings. The van der Waals surface area contributed by atoms with Gasteiger partial charge in [0.25, 0.3) is 10.6 Å². The number of hydrogen-bond acceptors (Lipinski definition) is 8. The van der Waals surface area contributed by atoms with Crippen molar-refractivity contribution in [3.63, 3.8) is 0 Å². The second-order valence-corrected chi connectivity index (χ2v) is 12.7. The number of allylic oxidation sites excluding steroid dienone is 1. The number of benzene rings is 2. The smallest absolute Gasteiger partial charge is 0.269 e. The molecular formula is C25H24FN3O4S4. The van der Waals surface area contributed by atoms with Gasteiger partial charge in [-0.05, 0) is 43.3 Å². The number of rotatable bonds is 3. The summed E-state index contributed by atoms with van der Waals surface area (Å²) in [6.45, 7) is 2.57. The predicted octanol–water partition coefficient (Wildman–Crippen LogP) is 2.96. The molecule has 12 heteroatoms. The molecule has 0 unspecified atom stereocenters. The fraction of sp³-hybridized carbons (Fsp3) is 0.200. The van der Waals surface area contributed by atoms with Crippen molar-refractivity contribution < 1.29 is 21.9 Å². The van der Waals surface area contributed by atoms with Crippen molar-refractivity contribution in [3.8, 4) is 0 Å². The minimum atomic E-state index is -3.92. The molecule has 0 aliphatic carbocycles. The van der Waals surface area contributed by atoms with Crippen LogP contribution in [-0.4, -0.2) is 30.8 Å². The van der Waals surface area contributed by atoms with Gasteiger partial charge >= 0.3 is 0 Å². The van der Waals surface area contributed by atoms with E-state index < -0.39 is 10.1 Å². The minimum Gasteiger partial charge on any atom is -0.748 e. The summed E-state index contributed by atoms with van der Waals surface area (Å²) in [6.07, 6.45) is 6.56. The Kier molecular flexibility index (Phi) is 8.05. The van der Waals surface area contributed by atoms with Gasteiger partial charge in [-0.15, -0.1) is 11.3 Å². The van der Waals surface area contributed by atoms with Gasteiger partial charge in [-0.1, -0.05) is 35.2 Å². The molecule has 0 bridgehead atoms. The lowest BCUT2D eigenvalue weighted by Crippen LogP contribution is -2.32. The van der Waals surface area contributed by atoms with Crippen molar-refractivity contribution in [2.45, 2.75) is 18.4 Å². The van der Waals surface area contributed by atoms with Crippen LogP contribution in [-0.2, 0) is 23.7 Å². The number of fused-ring (bicyclic) bond motifs is 2. The number of aromatic nitrogens is 2. The van der Waals surface area contributed by atoms with E-state index in [0.29, 0.717) is 17.3 Å². The molecule has 0 saturated carbocycles. The lowest BCUT2D eigenvalue weighted by molar-refractivity contribution is -0.642. The highest BCUT2D eigenvalue weighted by molar-refractivity contribution is 8.03. The summed E-state index contributed by atoms with van der Waals surface area (Å²) in [7, 11) is 0.0507. The summed E-state index contributed by atoms with van der Waals surface area (Å²) < 4.78 is 47.3. The second-order valence-electron chi connectivity index (χ2n) is 8.11. The summed E-state index contributed by atoms with van der Waals surface area (Å²) in [6, 6.07) is 13.1. The van der Waals surface area contributed by atoms with E-state index in [0.717, 1.165) is 24.9 Å². The van der Waals surface area contributed by atoms with E-state index in [4.69, 9.17) is 13.0 Å². The normalized spacial score (nSPS) is 15.4. The lowest BCUT2D eigenvalue weighted by Gasteiger charge is -2.12. The third-order valence-corrected chi connectivity index (χ3v) is 8.90. The number of hydrogen-bond donors (Lipinski definition) is 0. The van der Waals surface area contributed by atoms with Crippen LogP contribution in [0.5, 0.6) is 0 Å². The first kappa shape index (κ1) is 27.3.